The fourth-order valence-electron chi connectivity index (χ4n) is 1.24. The molecule has 0 aliphatic heterocycles. The molecular formula is C9H9F3O2. The van der Waals surface area contributed by atoms with Crippen molar-refractivity contribution in [3.8, 4) is 0 Å². The van der Waals surface area contributed by atoms with E-state index in [4.69, 9.17) is 10.2 Å². The quantitative estimate of drug-likeness (QED) is 0.690. The van der Waals surface area contributed by atoms with E-state index in [1.807, 2.05) is 0 Å². The SMILES string of the molecule is Cc1c(C(O)O)cccc1C(F)(F)F. The van der Waals surface area contributed by atoms with Crippen LogP contribution in [0.1, 0.15) is 23.0 Å². The van der Waals surface area contributed by atoms with Crippen molar-refractivity contribution in [2.24, 2.45) is 0 Å². The Morgan fingerprint density at radius 1 is 1.21 bits per heavy atom. The van der Waals surface area contributed by atoms with E-state index in [1.54, 1.807) is 0 Å². The average molecular weight is 206 g/mol. The molecule has 0 amide bonds. The van der Waals surface area contributed by atoms with Gasteiger partial charge >= 0.3 is 6.18 Å². The van der Waals surface area contributed by atoms with Gasteiger partial charge in [-0.1, -0.05) is 12.1 Å². The van der Waals surface area contributed by atoms with Gasteiger partial charge < -0.3 is 10.2 Å². The molecule has 0 spiro atoms. The molecule has 1 rings (SSSR count). The molecule has 0 saturated carbocycles. The minimum Gasteiger partial charge on any atom is -0.364 e. The number of halogens is 3. The van der Waals surface area contributed by atoms with Gasteiger partial charge in [0.25, 0.3) is 0 Å². The van der Waals surface area contributed by atoms with Crippen LogP contribution >= 0.6 is 0 Å². The van der Waals surface area contributed by atoms with Crippen molar-refractivity contribution in [3.05, 3.63) is 34.9 Å². The van der Waals surface area contributed by atoms with E-state index in [1.165, 1.54) is 13.0 Å². The van der Waals surface area contributed by atoms with Crippen LogP contribution in [0.25, 0.3) is 0 Å². The third-order valence-corrected chi connectivity index (χ3v) is 1.96. The Morgan fingerprint density at radius 2 is 1.79 bits per heavy atom. The van der Waals surface area contributed by atoms with Crippen LogP contribution in [0.2, 0.25) is 0 Å². The summed E-state index contributed by atoms with van der Waals surface area (Å²) in [6.07, 6.45) is -6.34. The van der Waals surface area contributed by atoms with Gasteiger partial charge in [0, 0.05) is 5.56 Å². The second-order valence-corrected chi connectivity index (χ2v) is 2.89. The van der Waals surface area contributed by atoms with E-state index in [9.17, 15) is 13.2 Å². The van der Waals surface area contributed by atoms with Gasteiger partial charge in [-0.3, -0.25) is 0 Å². The lowest BCUT2D eigenvalue weighted by molar-refractivity contribution is -0.138. The molecule has 2 nitrogen and oxygen atoms in total. The maximum atomic E-state index is 12.3. The van der Waals surface area contributed by atoms with E-state index in [2.05, 4.69) is 0 Å². The number of aliphatic hydroxyl groups is 2. The first kappa shape index (κ1) is 11.0. The molecule has 2 N–H and O–H groups in total. The van der Waals surface area contributed by atoms with Crippen molar-refractivity contribution in [3.63, 3.8) is 0 Å². The van der Waals surface area contributed by atoms with Gasteiger partial charge in [-0.05, 0) is 18.6 Å². The third kappa shape index (κ3) is 2.05. The Labute approximate surface area is 78.6 Å². The molecule has 5 heteroatoms. The molecule has 0 fully saturated rings. The van der Waals surface area contributed by atoms with Crippen LogP contribution in [0.5, 0.6) is 0 Å². The summed E-state index contributed by atoms with van der Waals surface area (Å²) < 4.78 is 37.0. The number of hydrogen-bond donors (Lipinski definition) is 2. The number of aliphatic hydroxyl groups excluding tert-OH is 1. The molecule has 78 valence electrons. The first-order valence-corrected chi connectivity index (χ1v) is 3.87. The van der Waals surface area contributed by atoms with Crippen LogP contribution in [-0.4, -0.2) is 10.2 Å². The Hall–Kier alpha value is -1.07. The molecule has 0 heterocycles. The van der Waals surface area contributed by atoms with Crippen molar-refractivity contribution in [2.75, 3.05) is 0 Å². The van der Waals surface area contributed by atoms with Gasteiger partial charge in [0.05, 0.1) is 5.56 Å². The van der Waals surface area contributed by atoms with Gasteiger partial charge in [0.15, 0.2) is 6.29 Å². The predicted octanol–water partition coefficient (Wildman–Crippen LogP) is 2.00. The molecule has 0 atom stereocenters. The maximum absolute atomic E-state index is 12.3. The molecule has 1 aromatic rings. The summed E-state index contributed by atoms with van der Waals surface area (Å²) in [5.74, 6) is 0. The standard InChI is InChI=1S/C9H9F3O2/c1-5-6(8(13)14)3-2-4-7(5)9(10,11)12/h2-4,8,13-14H,1H3. The normalized spacial score (nSPS) is 12.2. The number of alkyl halides is 3. The largest absolute Gasteiger partial charge is 0.416 e. The van der Waals surface area contributed by atoms with Crippen molar-refractivity contribution >= 4 is 0 Å². The van der Waals surface area contributed by atoms with Crippen molar-refractivity contribution in [2.45, 2.75) is 19.4 Å². The molecule has 14 heavy (non-hydrogen) atoms. The van der Waals surface area contributed by atoms with E-state index < -0.39 is 18.0 Å². The van der Waals surface area contributed by atoms with Crippen LogP contribution in [0.4, 0.5) is 13.2 Å². The van der Waals surface area contributed by atoms with Crippen LogP contribution < -0.4 is 0 Å². The highest BCUT2D eigenvalue weighted by atomic mass is 19.4. The molecule has 0 bridgehead atoms. The van der Waals surface area contributed by atoms with Crippen LogP contribution in [0.3, 0.4) is 0 Å². The van der Waals surface area contributed by atoms with E-state index in [0.29, 0.717) is 0 Å². The Morgan fingerprint density at radius 3 is 2.21 bits per heavy atom. The maximum Gasteiger partial charge on any atom is 0.416 e. The lowest BCUT2D eigenvalue weighted by Gasteiger charge is -2.14. The second kappa shape index (κ2) is 3.59. The monoisotopic (exact) mass is 206 g/mol. The summed E-state index contributed by atoms with van der Waals surface area (Å²) in [4.78, 5) is 0. The topological polar surface area (TPSA) is 40.5 Å². The Balaban J connectivity index is 3.28. The van der Waals surface area contributed by atoms with E-state index in [0.717, 1.165) is 12.1 Å². The molecular weight excluding hydrogens is 197 g/mol. The highest BCUT2D eigenvalue weighted by Crippen LogP contribution is 2.33. The molecule has 1 aromatic carbocycles. The predicted molar refractivity (Wildman–Crippen MR) is 43.4 cm³/mol. The zero-order valence-electron chi connectivity index (χ0n) is 7.34. The van der Waals surface area contributed by atoms with Crippen LogP contribution in [0, 0.1) is 6.92 Å². The van der Waals surface area contributed by atoms with Crippen molar-refractivity contribution < 1.29 is 23.4 Å². The lowest BCUT2D eigenvalue weighted by atomic mass is 10.0. The fourth-order valence-corrected chi connectivity index (χ4v) is 1.24. The van der Waals surface area contributed by atoms with Gasteiger partial charge in [0.1, 0.15) is 0 Å². The summed E-state index contributed by atoms with van der Waals surface area (Å²) >= 11 is 0. The molecule has 0 saturated heterocycles. The minimum atomic E-state index is -4.46. The molecule has 0 aliphatic carbocycles. The summed E-state index contributed by atoms with van der Waals surface area (Å²) in [6.45, 7) is 1.21. The van der Waals surface area contributed by atoms with Crippen molar-refractivity contribution in [1.82, 2.24) is 0 Å². The molecule has 0 aliphatic rings. The van der Waals surface area contributed by atoms with Crippen molar-refractivity contribution in [1.29, 1.82) is 0 Å². The molecule has 0 aromatic heterocycles. The molecule has 0 unspecified atom stereocenters. The lowest BCUT2D eigenvalue weighted by Crippen LogP contribution is -2.10. The zero-order chi connectivity index (χ0) is 10.9. The fraction of sp³-hybridized carbons (Fsp3) is 0.333. The number of hydrogen-bond acceptors (Lipinski definition) is 2. The average Bonchev–Trinajstić information content (AvgIpc) is 2.01. The van der Waals surface area contributed by atoms with Crippen LogP contribution in [0.15, 0.2) is 18.2 Å². The number of benzene rings is 1. The van der Waals surface area contributed by atoms with Gasteiger partial charge in [-0.2, -0.15) is 13.2 Å². The summed E-state index contributed by atoms with van der Waals surface area (Å²) in [7, 11) is 0. The highest BCUT2D eigenvalue weighted by molar-refractivity contribution is 5.36. The summed E-state index contributed by atoms with van der Waals surface area (Å²) in [5.41, 5.74) is -1.13. The number of rotatable bonds is 1. The Bertz CT molecular complexity index is 331. The highest BCUT2D eigenvalue weighted by Gasteiger charge is 2.33. The second-order valence-electron chi connectivity index (χ2n) is 2.89. The molecule has 0 radical (unpaired) electrons. The summed E-state index contributed by atoms with van der Waals surface area (Å²) in [5, 5.41) is 17.6. The first-order valence-electron chi connectivity index (χ1n) is 3.87. The first-order chi connectivity index (χ1) is 6.34. The summed E-state index contributed by atoms with van der Waals surface area (Å²) in [6, 6.07) is 3.29. The van der Waals surface area contributed by atoms with Gasteiger partial charge in [0.2, 0.25) is 0 Å². The van der Waals surface area contributed by atoms with Crippen LogP contribution in [-0.2, 0) is 6.18 Å². The van der Waals surface area contributed by atoms with Gasteiger partial charge in [-0.25, -0.2) is 0 Å². The smallest absolute Gasteiger partial charge is 0.364 e. The van der Waals surface area contributed by atoms with E-state index >= 15 is 0 Å². The minimum absolute atomic E-state index is 0.125. The van der Waals surface area contributed by atoms with Gasteiger partial charge in [-0.15, -0.1) is 0 Å². The van der Waals surface area contributed by atoms with E-state index in [-0.39, 0.29) is 11.1 Å². The zero-order valence-corrected chi connectivity index (χ0v) is 7.34. The third-order valence-electron chi connectivity index (χ3n) is 1.96. The Kier molecular flexibility index (Phi) is 2.82.